The second-order valence-electron chi connectivity index (χ2n) is 5.12. The van der Waals surface area contributed by atoms with Gasteiger partial charge in [0.25, 0.3) is 0 Å². The van der Waals surface area contributed by atoms with Crippen molar-refractivity contribution >= 4 is 11.7 Å². The zero-order chi connectivity index (χ0) is 13.7. The summed E-state index contributed by atoms with van der Waals surface area (Å²) < 4.78 is 4.67. The van der Waals surface area contributed by atoms with E-state index in [-0.39, 0.29) is 5.97 Å². The molecule has 2 rings (SSSR count). The lowest BCUT2D eigenvalue weighted by Gasteiger charge is -2.21. The minimum atomic E-state index is -0.122. The Bertz CT molecular complexity index is 413. The average molecular weight is 262 g/mol. The van der Waals surface area contributed by atoms with E-state index in [1.54, 1.807) is 0 Å². The SMILES string of the molecule is COC(=O)CCCN(Cc1ccc(N)cc1)C1CC1. The lowest BCUT2D eigenvalue weighted by Crippen LogP contribution is -2.27. The van der Waals surface area contributed by atoms with Crippen molar-refractivity contribution in [2.75, 3.05) is 19.4 Å². The Morgan fingerprint density at radius 1 is 1.37 bits per heavy atom. The Morgan fingerprint density at radius 3 is 2.63 bits per heavy atom. The minimum Gasteiger partial charge on any atom is -0.469 e. The number of nitrogen functional groups attached to an aromatic ring is 1. The normalized spacial score (nSPS) is 14.6. The average Bonchev–Trinajstić information content (AvgIpc) is 3.24. The van der Waals surface area contributed by atoms with Crippen LogP contribution in [0.1, 0.15) is 31.2 Å². The van der Waals surface area contributed by atoms with Gasteiger partial charge in [-0.2, -0.15) is 0 Å². The van der Waals surface area contributed by atoms with Crippen LogP contribution >= 0.6 is 0 Å². The first-order valence-electron chi connectivity index (χ1n) is 6.84. The molecule has 0 aromatic heterocycles. The molecule has 1 aromatic rings. The van der Waals surface area contributed by atoms with Crippen LogP contribution in [0.15, 0.2) is 24.3 Å². The van der Waals surface area contributed by atoms with Crippen LogP contribution in [0.2, 0.25) is 0 Å². The molecular formula is C15H22N2O2. The van der Waals surface area contributed by atoms with Crippen molar-refractivity contribution in [1.29, 1.82) is 0 Å². The van der Waals surface area contributed by atoms with Crippen molar-refractivity contribution in [3.05, 3.63) is 29.8 Å². The molecule has 19 heavy (non-hydrogen) atoms. The van der Waals surface area contributed by atoms with Crippen LogP contribution in [0.4, 0.5) is 5.69 Å². The van der Waals surface area contributed by atoms with Crippen molar-refractivity contribution in [1.82, 2.24) is 4.90 Å². The zero-order valence-electron chi connectivity index (χ0n) is 11.5. The molecule has 4 nitrogen and oxygen atoms in total. The first-order chi connectivity index (χ1) is 9.19. The Kier molecular flexibility index (Phi) is 4.80. The number of esters is 1. The van der Waals surface area contributed by atoms with Crippen molar-refractivity contribution in [3.8, 4) is 0 Å². The van der Waals surface area contributed by atoms with Crippen molar-refractivity contribution in [2.45, 2.75) is 38.3 Å². The first-order valence-corrected chi connectivity index (χ1v) is 6.84. The van der Waals surface area contributed by atoms with E-state index >= 15 is 0 Å². The zero-order valence-corrected chi connectivity index (χ0v) is 11.5. The number of methoxy groups -OCH3 is 1. The molecule has 104 valence electrons. The van der Waals surface area contributed by atoms with Gasteiger partial charge in [-0.3, -0.25) is 9.69 Å². The van der Waals surface area contributed by atoms with Gasteiger partial charge in [0.1, 0.15) is 0 Å². The van der Waals surface area contributed by atoms with Crippen LogP contribution in [0.25, 0.3) is 0 Å². The number of benzene rings is 1. The number of carbonyl (C=O) groups is 1. The smallest absolute Gasteiger partial charge is 0.305 e. The summed E-state index contributed by atoms with van der Waals surface area (Å²) in [5.41, 5.74) is 7.77. The van der Waals surface area contributed by atoms with E-state index < -0.39 is 0 Å². The molecule has 0 spiro atoms. The number of ether oxygens (including phenoxy) is 1. The number of anilines is 1. The van der Waals surface area contributed by atoms with E-state index in [2.05, 4.69) is 21.8 Å². The van der Waals surface area contributed by atoms with Gasteiger partial charge in [-0.1, -0.05) is 12.1 Å². The summed E-state index contributed by atoms with van der Waals surface area (Å²) in [6.45, 7) is 1.89. The molecule has 0 atom stereocenters. The van der Waals surface area contributed by atoms with Crippen LogP contribution in [0.5, 0.6) is 0 Å². The van der Waals surface area contributed by atoms with Crippen LogP contribution in [-0.2, 0) is 16.1 Å². The fourth-order valence-electron chi connectivity index (χ4n) is 2.22. The summed E-state index contributed by atoms with van der Waals surface area (Å²) in [6.07, 6.45) is 3.90. The summed E-state index contributed by atoms with van der Waals surface area (Å²) in [5, 5.41) is 0. The molecule has 0 heterocycles. The number of carbonyl (C=O) groups excluding carboxylic acids is 1. The highest BCUT2D eigenvalue weighted by atomic mass is 16.5. The Morgan fingerprint density at radius 2 is 2.05 bits per heavy atom. The molecular weight excluding hydrogens is 240 g/mol. The fraction of sp³-hybridized carbons (Fsp3) is 0.533. The predicted molar refractivity (Wildman–Crippen MR) is 75.5 cm³/mol. The highest BCUT2D eigenvalue weighted by Crippen LogP contribution is 2.28. The number of hydrogen-bond acceptors (Lipinski definition) is 4. The summed E-state index contributed by atoms with van der Waals surface area (Å²) in [4.78, 5) is 13.6. The van der Waals surface area contributed by atoms with Crippen molar-refractivity contribution in [2.24, 2.45) is 0 Å². The number of nitrogens with zero attached hydrogens (tertiary/aromatic N) is 1. The van der Waals surface area contributed by atoms with Crippen molar-refractivity contribution < 1.29 is 9.53 Å². The van der Waals surface area contributed by atoms with E-state index in [1.807, 2.05) is 12.1 Å². The third-order valence-electron chi connectivity index (χ3n) is 3.48. The molecule has 1 fully saturated rings. The predicted octanol–water partition coefficient (Wildman–Crippen LogP) is 2.19. The van der Waals surface area contributed by atoms with Gasteiger partial charge >= 0.3 is 5.97 Å². The van der Waals surface area contributed by atoms with E-state index in [4.69, 9.17) is 5.73 Å². The van der Waals surface area contributed by atoms with Gasteiger partial charge in [0.15, 0.2) is 0 Å². The Hall–Kier alpha value is -1.55. The maximum absolute atomic E-state index is 11.1. The van der Waals surface area contributed by atoms with Gasteiger partial charge in [0.2, 0.25) is 0 Å². The van der Waals surface area contributed by atoms with E-state index in [0.29, 0.717) is 12.5 Å². The maximum Gasteiger partial charge on any atom is 0.305 e. The van der Waals surface area contributed by atoms with Gasteiger partial charge in [-0.25, -0.2) is 0 Å². The second kappa shape index (κ2) is 6.57. The molecule has 1 aliphatic rings. The topological polar surface area (TPSA) is 55.6 Å². The molecule has 2 N–H and O–H groups in total. The van der Waals surface area contributed by atoms with Gasteiger partial charge in [-0.05, 0) is 43.5 Å². The Labute approximate surface area is 114 Å². The van der Waals surface area contributed by atoms with E-state index in [9.17, 15) is 4.79 Å². The highest BCUT2D eigenvalue weighted by Gasteiger charge is 2.28. The maximum atomic E-state index is 11.1. The Balaban J connectivity index is 1.82. The number of hydrogen-bond donors (Lipinski definition) is 1. The van der Waals surface area contributed by atoms with Crippen LogP contribution in [0.3, 0.4) is 0 Å². The minimum absolute atomic E-state index is 0.122. The molecule has 1 saturated carbocycles. The van der Waals surface area contributed by atoms with E-state index in [1.165, 1.54) is 25.5 Å². The summed E-state index contributed by atoms with van der Waals surface area (Å²) in [5.74, 6) is -0.122. The number of nitrogens with two attached hydrogens (primary N) is 1. The molecule has 0 amide bonds. The molecule has 4 heteroatoms. The van der Waals surface area contributed by atoms with Crippen molar-refractivity contribution in [3.63, 3.8) is 0 Å². The van der Waals surface area contributed by atoms with Crippen LogP contribution in [0, 0.1) is 0 Å². The molecule has 1 aromatic carbocycles. The third kappa shape index (κ3) is 4.56. The molecule has 0 bridgehead atoms. The first kappa shape index (κ1) is 13.9. The molecule has 0 aliphatic heterocycles. The summed E-state index contributed by atoms with van der Waals surface area (Å²) in [6, 6.07) is 8.72. The fourth-order valence-corrected chi connectivity index (χ4v) is 2.22. The van der Waals surface area contributed by atoms with Gasteiger partial charge in [0.05, 0.1) is 7.11 Å². The van der Waals surface area contributed by atoms with E-state index in [0.717, 1.165) is 25.2 Å². The molecule has 0 radical (unpaired) electrons. The van der Waals surface area contributed by atoms with Gasteiger partial charge in [0, 0.05) is 24.7 Å². The van der Waals surface area contributed by atoms with Crippen LogP contribution < -0.4 is 5.73 Å². The van der Waals surface area contributed by atoms with Gasteiger partial charge < -0.3 is 10.5 Å². The molecule has 0 saturated heterocycles. The third-order valence-corrected chi connectivity index (χ3v) is 3.48. The largest absolute Gasteiger partial charge is 0.469 e. The highest BCUT2D eigenvalue weighted by molar-refractivity contribution is 5.69. The summed E-state index contributed by atoms with van der Waals surface area (Å²) >= 11 is 0. The van der Waals surface area contributed by atoms with Crippen LogP contribution in [-0.4, -0.2) is 30.6 Å². The standard InChI is InChI=1S/C15H22N2O2/c1-19-15(18)3-2-10-17(14-8-9-14)11-12-4-6-13(16)7-5-12/h4-7,14H,2-3,8-11,16H2,1H3. The summed E-state index contributed by atoms with van der Waals surface area (Å²) in [7, 11) is 1.44. The lowest BCUT2D eigenvalue weighted by molar-refractivity contribution is -0.140. The quantitative estimate of drug-likeness (QED) is 0.604. The van der Waals surface area contributed by atoms with Gasteiger partial charge in [-0.15, -0.1) is 0 Å². The molecule has 1 aliphatic carbocycles. The second-order valence-corrected chi connectivity index (χ2v) is 5.12. The number of rotatable bonds is 7. The molecule has 0 unspecified atom stereocenters. The lowest BCUT2D eigenvalue weighted by atomic mass is 10.2. The monoisotopic (exact) mass is 262 g/mol.